The van der Waals surface area contributed by atoms with Crippen molar-refractivity contribution in [1.29, 1.82) is 0 Å². The van der Waals surface area contributed by atoms with Gasteiger partial charge < -0.3 is 14.8 Å². The molecule has 0 aromatic heterocycles. The topological polar surface area (TPSA) is 50.8 Å². The maximum absolute atomic E-state index is 11.7. The van der Waals surface area contributed by atoms with E-state index in [0.29, 0.717) is 12.7 Å². The molecule has 3 rings (SSSR count). The third-order valence-corrected chi connectivity index (χ3v) is 4.58. The Labute approximate surface area is 143 Å². The van der Waals surface area contributed by atoms with E-state index in [1.807, 2.05) is 13.8 Å². The molecule has 0 radical (unpaired) electrons. The van der Waals surface area contributed by atoms with Gasteiger partial charge in [0, 0.05) is 25.7 Å². The van der Waals surface area contributed by atoms with E-state index >= 15 is 0 Å². The van der Waals surface area contributed by atoms with E-state index in [0.717, 1.165) is 49.7 Å². The molecule has 1 amide bonds. The lowest BCUT2D eigenvalue weighted by atomic mass is 10.1. The monoisotopic (exact) mass is 330 g/mol. The van der Waals surface area contributed by atoms with Crippen LogP contribution in [0.15, 0.2) is 23.8 Å². The van der Waals surface area contributed by atoms with Gasteiger partial charge in [-0.15, -0.1) is 0 Å². The molecule has 1 fully saturated rings. The van der Waals surface area contributed by atoms with Crippen LogP contribution in [0.2, 0.25) is 0 Å². The Kier molecular flexibility index (Phi) is 5.09. The summed E-state index contributed by atoms with van der Waals surface area (Å²) in [7, 11) is 0. The second-order valence-corrected chi connectivity index (χ2v) is 6.99. The van der Waals surface area contributed by atoms with Gasteiger partial charge in [0.15, 0.2) is 11.5 Å². The summed E-state index contributed by atoms with van der Waals surface area (Å²) in [6.07, 6.45) is 2.78. The number of nitrogens with one attached hydrogen (secondary N) is 1. The summed E-state index contributed by atoms with van der Waals surface area (Å²) in [5.74, 6) is 2.23. The highest BCUT2D eigenvalue weighted by Crippen LogP contribution is 2.35. The van der Waals surface area contributed by atoms with Crippen LogP contribution in [0.4, 0.5) is 0 Å². The van der Waals surface area contributed by atoms with Crippen LogP contribution in [0.5, 0.6) is 11.5 Å². The zero-order chi connectivity index (χ0) is 17.1. The van der Waals surface area contributed by atoms with Crippen molar-refractivity contribution in [2.75, 3.05) is 26.4 Å². The number of aryl methyl sites for hydroxylation is 1. The predicted molar refractivity (Wildman–Crippen MR) is 93.1 cm³/mol. The van der Waals surface area contributed by atoms with Crippen molar-refractivity contribution in [3.05, 3.63) is 34.9 Å². The number of benzene rings is 1. The Morgan fingerprint density at radius 1 is 1.33 bits per heavy atom. The van der Waals surface area contributed by atoms with Crippen LogP contribution < -0.4 is 14.8 Å². The fourth-order valence-corrected chi connectivity index (χ4v) is 3.28. The van der Waals surface area contributed by atoms with Crippen molar-refractivity contribution >= 4 is 5.91 Å². The fourth-order valence-electron chi connectivity index (χ4n) is 3.28. The normalized spacial score (nSPS) is 19.4. The summed E-state index contributed by atoms with van der Waals surface area (Å²) < 4.78 is 10.9. The van der Waals surface area contributed by atoms with Crippen molar-refractivity contribution in [3.63, 3.8) is 0 Å². The second-order valence-electron chi connectivity index (χ2n) is 6.99. The van der Waals surface area contributed by atoms with E-state index in [2.05, 4.69) is 29.3 Å². The van der Waals surface area contributed by atoms with Gasteiger partial charge in [0.25, 0.3) is 0 Å². The molecule has 0 aliphatic carbocycles. The molecule has 0 bridgehead atoms. The lowest BCUT2D eigenvalue weighted by Gasteiger charge is -2.18. The molecule has 2 aliphatic heterocycles. The third kappa shape index (κ3) is 4.09. The molecule has 2 aliphatic rings. The largest absolute Gasteiger partial charge is 0.454 e. The Morgan fingerprint density at radius 2 is 2.08 bits per heavy atom. The van der Waals surface area contributed by atoms with Gasteiger partial charge in [-0.05, 0) is 62.9 Å². The summed E-state index contributed by atoms with van der Waals surface area (Å²) >= 11 is 0. The molecule has 130 valence electrons. The Morgan fingerprint density at radius 3 is 2.83 bits per heavy atom. The van der Waals surface area contributed by atoms with Gasteiger partial charge in [-0.1, -0.05) is 5.57 Å². The van der Waals surface area contributed by atoms with E-state index < -0.39 is 0 Å². The Bertz CT molecular complexity index is 650. The summed E-state index contributed by atoms with van der Waals surface area (Å²) in [6, 6.07) is 4.16. The Hall–Kier alpha value is -2.01. The quantitative estimate of drug-likeness (QED) is 0.843. The smallest absolute Gasteiger partial charge is 0.243 e. The average Bonchev–Trinajstić information content (AvgIpc) is 3.14. The number of nitrogens with zero attached hydrogens (tertiary/aromatic N) is 1. The van der Waals surface area contributed by atoms with Crippen molar-refractivity contribution in [2.45, 2.75) is 33.7 Å². The van der Waals surface area contributed by atoms with Crippen molar-refractivity contribution in [3.8, 4) is 11.5 Å². The summed E-state index contributed by atoms with van der Waals surface area (Å²) in [6.45, 7) is 10.1. The molecule has 1 aromatic rings. The fraction of sp³-hybridized carbons (Fsp3) is 0.526. The standard InChI is InChI=1S/C19H26N2O3/c1-13(2)6-19(22)20-9-15-4-5-21(10-15)11-16-8-18-17(7-14(16)3)23-12-24-18/h6-8,15H,4-5,9-12H2,1-3H3,(H,20,22)/t15-/m0/s1. The van der Waals surface area contributed by atoms with Crippen LogP contribution in [0.25, 0.3) is 0 Å². The lowest BCUT2D eigenvalue weighted by Crippen LogP contribution is -2.30. The lowest BCUT2D eigenvalue weighted by molar-refractivity contribution is -0.116. The SMILES string of the molecule is CC(C)=CC(=O)NC[C@@H]1CCN(Cc2cc3c(cc2C)OCO3)C1. The van der Waals surface area contributed by atoms with E-state index in [-0.39, 0.29) is 5.91 Å². The molecule has 24 heavy (non-hydrogen) atoms. The van der Waals surface area contributed by atoms with Gasteiger partial charge in [-0.3, -0.25) is 9.69 Å². The minimum atomic E-state index is 0.0139. The van der Waals surface area contributed by atoms with Crippen LogP contribution in [-0.2, 0) is 11.3 Å². The molecule has 1 aromatic carbocycles. The highest BCUT2D eigenvalue weighted by atomic mass is 16.7. The molecular formula is C19H26N2O3. The number of fused-ring (bicyclic) bond motifs is 1. The van der Waals surface area contributed by atoms with Crippen molar-refractivity contribution in [1.82, 2.24) is 10.2 Å². The summed E-state index contributed by atoms with van der Waals surface area (Å²) in [5.41, 5.74) is 3.55. The zero-order valence-corrected chi connectivity index (χ0v) is 14.7. The van der Waals surface area contributed by atoms with Gasteiger partial charge in [0.1, 0.15) is 0 Å². The number of allylic oxidation sites excluding steroid dienone is 1. The van der Waals surface area contributed by atoms with Crippen molar-refractivity contribution < 1.29 is 14.3 Å². The van der Waals surface area contributed by atoms with E-state index in [1.165, 1.54) is 11.1 Å². The van der Waals surface area contributed by atoms with E-state index in [1.54, 1.807) is 6.08 Å². The number of carbonyl (C=O) groups excluding carboxylic acids is 1. The van der Waals surface area contributed by atoms with Crippen LogP contribution in [0.3, 0.4) is 0 Å². The Balaban J connectivity index is 1.52. The predicted octanol–water partition coefficient (Wildman–Crippen LogP) is 2.63. The highest BCUT2D eigenvalue weighted by Gasteiger charge is 2.24. The van der Waals surface area contributed by atoms with Gasteiger partial charge in [0.2, 0.25) is 12.7 Å². The first-order valence-corrected chi connectivity index (χ1v) is 8.55. The van der Waals surface area contributed by atoms with Gasteiger partial charge in [0.05, 0.1) is 0 Å². The first-order valence-electron chi connectivity index (χ1n) is 8.55. The molecule has 1 saturated heterocycles. The molecule has 0 saturated carbocycles. The molecule has 2 heterocycles. The van der Waals surface area contributed by atoms with Gasteiger partial charge >= 0.3 is 0 Å². The number of amides is 1. The number of rotatable bonds is 5. The number of hydrogen-bond acceptors (Lipinski definition) is 4. The number of hydrogen-bond donors (Lipinski definition) is 1. The zero-order valence-electron chi connectivity index (χ0n) is 14.7. The minimum Gasteiger partial charge on any atom is -0.454 e. The highest BCUT2D eigenvalue weighted by molar-refractivity contribution is 5.87. The molecule has 5 heteroatoms. The van der Waals surface area contributed by atoms with Gasteiger partial charge in [-0.2, -0.15) is 0 Å². The van der Waals surface area contributed by atoms with Crippen LogP contribution in [0, 0.1) is 12.8 Å². The molecule has 0 spiro atoms. The maximum atomic E-state index is 11.7. The van der Waals surface area contributed by atoms with Gasteiger partial charge in [-0.25, -0.2) is 0 Å². The third-order valence-electron chi connectivity index (χ3n) is 4.58. The number of carbonyl (C=O) groups is 1. The molecule has 0 unspecified atom stereocenters. The van der Waals surface area contributed by atoms with E-state index in [4.69, 9.17) is 9.47 Å². The molecule has 5 nitrogen and oxygen atoms in total. The first kappa shape index (κ1) is 16.8. The summed E-state index contributed by atoms with van der Waals surface area (Å²) in [5, 5.41) is 3.01. The molecular weight excluding hydrogens is 304 g/mol. The molecule has 1 N–H and O–H groups in total. The maximum Gasteiger partial charge on any atom is 0.243 e. The first-order chi connectivity index (χ1) is 11.5. The molecule has 1 atom stereocenters. The summed E-state index contributed by atoms with van der Waals surface area (Å²) in [4.78, 5) is 14.2. The second kappa shape index (κ2) is 7.26. The van der Waals surface area contributed by atoms with Crippen LogP contribution in [-0.4, -0.2) is 37.2 Å². The van der Waals surface area contributed by atoms with Crippen LogP contribution >= 0.6 is 0 Å². The van der Waals surface area contributed by atoms with Crippen LogP contribution in [0.1, 0.15) is 31.4 Å². The number of likely N-dealkylation sites (tertiary alicyclic amines) is 1. The average molecular weight is 330 g/mol. The van der Waals surface area contributed by atoms with Crippen molar-refractivity contribution in [2.24, 2.45) is 5.92 Å². The minimum absolute atomic E-state index is 0.0139. The number of ether oxygens (including phenoxy) is 2. The van der Waals surface area contributed by atoms with E-state index in [9.17, 15) is 4.79 Å².